The summed E-state index contributed by atoms with van der Waals surface area (Å²) in [7, 11) is 0. The van der Waals surface area contributed by atoms with Crippen molar-refractivity contribution in [2.75, 3.05) is 6.61 Å². The van der Waals surface area contributed by atoms with E-state index in [1.807, 2.05) is 6.07 Å². The van der Waals surface area contributed by atoms with Gasteiger partial charge in [-0.3, -0.25) is 4.79 Å². The summed E-state index contributed by atoms with van der Waals surface area (Å²) < 4.78 is 5.74. The molecule has 1 rings (SSSR count). The van der Waals surface area contributed by atoms with E-state index in [0.29, 0.717) is 17.0 Å². The Hall–Kier alpha value is -0.0600. The normalized spacial score (nSPS) is 10.2. The first-order chi connectivity index (χ1) is 7.58. The zero-order chi connectivity index (χ0) is 12.1. The minimum absolute atomic E-state index is 0.233. The first-order valence-electron chi connectivity index (χ1n) is 4.76. The Balaban J connectivity index is 2.94. The topological polar surface area (TPSA) is 26.3 Å². The van der Waals surface area contributed by atoms with Gasteiger partial charge in [-0.2, -0.15) is 0 Å². The van der Waals surface area contributed by atoms with E-state index in [1.165, 1.54) is 0 Å². The summed E-state index contributed by atoms with van der Waals surface area (Å²) in [5, 5.41) is 1.28. The van der Waals surface area contributed by atoms with Gasteiger partial charge in [0.05, 0.1) is 18.1 Å². The predicted octanol–water partition coefficient (Wildman–Crippen LogP) is 4.10. The second-order valence-corrected chi connectivity index (χ2v) is 4.97. The number of alkyl halides is 1. The van der Waals surface area contributed by atoms with Gasteiger partial charge in [0.1, 0.15) is 0 Å². The number of esters is 1. The molecule has 1 aromatic rings. The number of benzene rings is 1. The maximum atomic E-state index is 11.4. The second kappa shape index (κ2) is 6.62. The van der Waals surface area contributed by atoms with E-state index >= 15 is 0 Å². The van der Waals surface area contributed by atoms with Crippen LogP contribution in [-0.2, 0) is 21.3 Å². The molecule has 0 aliphatic carbocycles. The van der Waals surface area contributed by atoms with Crippen molar-refractivity contribution in [2.45, 2.75) is 18.7 Å². The molecule has 0 spiro atoms. The summed E-state index contributed by atoms with van der Waals surface area (Å²) in [5.74, 6) is -0.233. The molecular formula is C11H11Br2ClO2. The Bertz CT molecular complexity index is 394. The Kier molecular flexibility index (Phi) is 5.79. The molecule has 0 bridgehead atoms. The number of hydrogen-bond donors (Lipinski definition) is 0. The van der Waals surface area contributed by atoms with E-state index < -0.39 is 0 Å². The van der Waals surface area contributed by atoms with Crippen molar-refractivity contribution in [3.05, 3.63) is 32.8 Å². The first kappa shape index (κ1) is 14.0. The number of carbonyl (C=O) groups is 1. The van der Waals surface area contributed by atoms with Gasteiger partial charge in [0.2, 0.25) is 0 Å². The fourth-order valence-corrected chi connectivity index (χ4v) is 2.38. The summed E-state index contributed by atoms with van der Waals surface area (Å²) in [6, 6.07) is 3.70. The van der Waals surface area contributed by atoms with Crippen LogP contribution in [0.2, 0.25) is 5.02 Å². The first-order valence-corrected chi connectivity index (χ1v) is 7.06. The molecule has 0 fully saturated rings. The third-order valence-electron chi connectivity index (χ3n) is 2.03. The zero-order valence-corrected chi connectivity index (χ0v) is 12.7. The van der Waals surface area contributed by atoms with Crippen molar-refractivity contribution in [3.63, 3.8) is 0 Å². The maximum absolute atomic E-state index is 11.4. The van der Waals surface area contributed by atoms with Crippen LogP contribution in [0.3, 0.4) is 0 Å². The molecule has 1 aromatic carbocycles. The SMILES string of the molecule is CCOC(=O)Cc1cc(Cl)c(Br)cc1CBr. The van der Waals surface area contributed by atoms with E-state index in [1.54, 1.807) is 13.0 Å². The Morgan fingerprint density at radius 1 is 1.44 bits per heavy atom. The maximum Gasteiger partial charge on any atom is 0.310 e. The van der Waals surface area contributed by atoms with E-state index in [0.717, 1.165) is 15.6 Å². The van der Waals surface area contributed by atoms with Gasteiger partial charge >= 0.3 is 5.97 Å². The molecule has 16 heavy (non-hydrogen) atoms. The van der Waals surface area contributed by atoms with Crippen molar-refractivity contribution in [3.8, 4) is 0 Å². The lowest BCUT2D eigenvalue weighted by Gasteiger charge is -2.09. The molecule has 88 valence electrons. The highest BCUT2D eigenvalue weighted by Crippen LogP contribution is 2.28. The molecular weight excluding hydrogens is 359 g/mol. The third kappa shape index (κ3) is 3.75. The Morgan fingerprint density at radius 3 is 2.69 bits per heavy atom. The Morgan fingerprint density at radius 2 is 2.12 bits per heavy atom. The van der Waals surface area contributed by atoms with Crippen LogP contribution in [0.1, 0.15) is 18.1 Å². The van der Waals surface area contributed by atoms with Crippen LogP contribution in [-0.4, -0.2) is 12.6 Å². The molecule has 0 saturated heterocycles. The van der Waals surface area contributed by atoms with E-state index in [4.69, 9.17) is 16.3 Å². The summed E-state index contributed by atoms with van der Waals surface area (Å²) in [4.78, 5) is 11.4. The molecule has 0 atom stereocenters. The van der Waals surface area contributed by atoms with Crippen molar-refractivity contribution in [2.24, 2.45) is 0 Å². The minimum atomic E-state index is -0.233. The molecule has 0 N–H and O–H groups in total. The molecule has 0 radical (unpaired) electrons. The smallest absolute Gasteiger partial charge is 0.310 e. The molecule has 2 nitrogen and oxygen atoms in total. The second-order valence-electron chi connectivity index (χ2n) is 3.15. The molecule has 5 heteroatoms. The number of halogens is 3. The molecule has 0 aromatic heterocycles. The quantitative estimate of drug-likeness (QED) is 0.589. The standard InChI is InChI=1S/C11H11Br2ClO2/c1-2-16-11(15)5-7-4-10(14)9(13)3-8(7)6-12/h3-4H,2,5-6H2,1H3. The lowest BCUT2D eigenvalue weighted by Crippen LogP contribution is -2.09. The largest absolute Gasteiger partial charge is 0.466 e. The average Bonchev–Trinajstić information content (AvgIpc) is 2.23. The zero-order valence-electron chi connectivity index (χ0n) is 8.73. The van der Waals surface area contributed by atoms with Crippen LogP contribution in [0.25, 0.3) is 0 Å². The van der Waals surface area contributed by atoms with Crippen LogP contribution < -0.4 is 0 Å². The number of ether oxygens (including phenoxy) is 1. The van der Waals surface area contributed by atoms with Gasteiger partial charge in [-0.1, -0.05) is 27.5 Å². The highest BCUT2D eigenvalue weighted by molar-refractivity contribution is 9.10. The van der Waals surface area contributed by atoms with Crippen molar-refractivity contribution in [1.82, 2.24) is 0 Å². The van der Waals surface area contributed by atoms with Gasteiger partial charge in [-0.15, -0.1) is 0 Å². The summed E-state index contributed by atoms with van der Waals surface area (Å²) in [6.45, 7) is 2.19. The summed E-state index contributed by atoms with van der Waals surface area (Å²) in [6.07, 6.45) is 0.252. The minimum Gasteiger partial charge on any atom is -0.466 e. The number of rotatable bonds is 4. The fraction of sp³-hybridized carbons (Fsp3) is 0.364. The molecule has 0 unspecified atom stereocenters. The van der Waals surface area contributed by atoms with Crippen LogP contribution in [0, 0.1) is 0 Å². The van der Waals surface area contributed by atoms with Crippen LogP contribution in [0.4, 0.5) is 0 Å². The van der Waals surface area contributed by atoms with Crippen molar-refractivity contribution >= 4 is 49.4 Å². The van der Waals surface area contributed by atoms with E-state index in [2.05, 4.69) is 31.9 Å². The van der Waals surface area contributed by atoms with Gasteiger partial charge in [0, 0.05) is 9.80 Å². The van der Waals surface area contributed by atoms with Crippen LogP contribution in [0.15, 0.2) is 16.6 Å². The van der Waals surface area contributed by atoms with E-state index in [9.17, 15) is 4.79 Å². The lowest BCUT2D eigenvalue weighted by molar-refractivity contribution is -0.142. The summed E-state index contributed by atoms with van der Waals surface area (Å²) in [5.41, 5.74) is 1.92. The van der Waals surface area contributed by atoms with Crippen LogP contribution in [0.5, 0.6) is 0 Å². The average molecular weight is 370 g/mol. The number of hydrogen-bond acceptors (Lipinski definition) is 2. The van der Waals surface area contributed by atoms with Crippen LogP contribution >= 0.6 is 43.5 Å². The van der Waals surface area contributed by atoms with Gasteiger partial charge < -0.3 is 4.74 Å². The Labute approximate surface area is 117 Å². The van der Waals surface area contributed by atoms with Crippen molar-refractivity contribution in [1.29, 1.82) is 0 Å². The monoisotopic (exact) mass is 368 g/mol. The molecule has 0 heterocycles. The highest BCUT2D eigenvalue weighted by atomic mass is 79.9. The summed E-state index contributed by atoms with van der Waals surface area (Å²) >= 11 is 12.7. The third-order valence-corrected chi connectivity index (χ3v) is 3.83. The van der Waals surface area contributed by atoms with E-state index in [-0.39, 0.29) is 12.4 Å². The molecule has 0 aliphatic rings. The highest BCUT2D eigenvalue weighted by Gasteiger charge is 2.11. The predicted molar refractivity (Wildman–Crippen MR) is 72.1 cm³/mol. The van der Waals surface area contributed by atoms with Crippen molar-refractivity contribution < 1.29 is 9.53 Å². The van der Waals surface area contributed by atoms with Gasteiger partial charge in [-0.05, 0) is 46.1 Å². The van der Waals surface area contributed by atoms with Gasteiger partial charge in [-0.25, -0.2) is 0 Å². The molecule has 0 saturated carbocycles. The molecule has 0 aliphatic heterocycles. The fourth-order valence-electron chi connectivity index (χ4n) is 1.29. The lowest BCUT2D eigenvalue weighted by atomic mass is 10.1. The van der Waals surface area contributed by atoms with Gasteiger partial charge in [0.15, 0.2) is 0 Å². The number of carbonyl (C=O) groups excluding carboxylic acids is 1. The van der Waals surface area contributed by atoms with Gasteiger partial charge in [0.25, 0.3) is 0 Å². The molecule has 0 amide bonds.